The number of carbonyl (C=O) groups excluding carboxylic acids is 1. The zero-order chi connectivity index (χ0) is 20.2. The first-order chi connectivity index (χ1) is 14.2. The van der Waals surface area contributed by atoms with Crippen LogP contribution < -0.4 is 14.8 Å². The van der Waals surface area contributed by atoms with Crippen LogP contribution in [0.4, 0.5) is 5.82 Å². The van der Waals surface area contributed by atoms with Crippen molar-refractivity contribution in [2.75, 3.05) is 26.1 Å². The molecule has 0 saturated heterocycles. The van der Waals surface area contributed by atoms with E-state index in [-0.39, 0.29) is 5.91 Å². The zero-order valence-corrected chi connectivity index (χ0v) is 16.6. The fraction of sp³-hybridized carbons (Fsp3) is 0.273. The summed E-state index contributed by atoms with van der Waals surface area (Å²) < 4.78 is 10.5. The third-order valence-corrected chi connectivity index (χ3v) is 5.12. The summed E-state index contributed by atoms with van der Waals surface area (Å²) in [5.41, 5.74) is 3.87. The molecule has 150 valence electrons. The second kappa shape index (κ2) is 8.36. The summed E-state index contributed by atoms with van der Waals surface area (Å²) >= 11 is 0. The monoisotopic (exact) mass is 392 g/mol. The van der Waals surface area contributed by atoms with Gasteiger partial charge in [-0.15, -0.1) is 0 Å². The van der Waals surface area contributed by atoms with Gasteiger partial charge in [-0.2, -0.15) is 5.10 Å². The summed E-state index contributed by atoms with van der Waals surface area (Å²) in [6.45, 7) is 2.51. The molecule has 0 spiro atoms. The lowest BCUT2D eigenvalue weighted by Crippen LogP contribution is -2.21. The first-order valence-corrected chi connectivity index (χ1v) is 9.53. The second-order valence-electron chi connectivity index (χ2n) is 7.03. The SMILES string of the molecule is COc1cc(OC)cc(C(=O)Nc2n[nH]c3c2CN(CCc2ccccc2)C3)c1. The number of methoxy groups -OCH3 is 2. The molecule has 2 heterocycles. The average molecular weight is 392 g/mol. The molecule has 0 atom stereocenters. The Hall–Kier alpha value is -3.32. The number of hydrogen-bond acceptors (Lipinski definition) is 5. The predicted octanol–water partition coefficient (Wildman–Crippen LogP) is 3.24. The van der Waals surface area contributed by atoms with Gasteiger partial charge in [0.15, 0.2) is 5.82 Å². The van der Waals surface area contributed by atoms with Crippen molar-refractivity contribution in [2.45, 2.75) is 19.5 Å². The van der Waals surface area contributed by atoms with Gasteiger partial charge in [-0.1, -0.05) is 30.3 Å². The number of nitrogens with zero attached hydrogens (tertiary/aromatic N) is 2. The van der Waals surface area contributed by atoms with Crippen LogP contribution >= 0.6 is 0 Å². The number of benzene rings is 2. The number of aromatic amines is 1. The van der Waals surface area contributed by atoms with Crippen molar-refractivity contribution in [3.8, 4) is 11.5 Å². The van der Waals surface area contributed by atoms with Gasteiger partial charge < -0.3 is 14.8 Å². The molecular weight excluding hydrogens is 368 g/mol. The molecule has 0 aliphatic carbocycles. The van der Waals surface area contributed by atoms with Crippen LogP contribution in [-0.2, 0) is 19.5 Å². The van der Waals surface area contributed by atoms with Crippen molar-refractivity contribution in [2.24, 2.45) is 0 Å². The molecule has 3 aromatic rings. The Labute approximate surface area is 169 Å². The number of fused-ring (bicyclic) bond motifs is 1. The molecule has 1 aliphatic heterocycles. The molecule has 0 fully saturated rings. The molecule has 2 N–H and O–H groups in total. The summed E-state index contributed by atoms with van der Waals surface area (Å²) in [6, 6.07) is 15.5. The third kappa shape index (κ3) is 4.25. The lowest BCUT2D eigenvalue weighted by atomic mass is 10.1. The van der Waals surface area contributed by atoms with Crippen LogP contribution in [0.1, 0.15) is 27.2 Å². The van der Waals surface area contributed by atoms with Crippen LogP contribution in [0.5, 0.6) is 11.5 Å². The smallest absolute Gasteiger partial charge is 0.257 e. The zero-order valence-electron chi connectivity index (χ0n) is 16.6. The summed E-state index contributed by atoms with van der Waals surface area (Å²) in [7, 11) is 3.11. The number of anilines is 1. The number of rotatable bonds is 7. The Morgan fingerprint density at radius 3 is 2.52 bits per heavy atom. The summed E-state index contributed by atoms with van der Waals surface area (Å²) in [4.78, 5) is 15.1. The van der Waals surface area contributed by atoms with E-state index in [1.165, 1.54) is 5.56 Å². The number of nitrogens with one attached hydrogen (secondary N) is 2. The van der Waals surface area contributed by atoms with Crippen LogP contribution in [0.15, 0.2) is 48.5 Å². The Morgan fingerprint density at radius 1 is 1.10 bits per heavy atom. The topological polar surface area (TPSA) is 79.5 Å². The highest BCUT2D eigenvalue weighted by atomic mass is 16.5. The summed E-state index contributed by atoms with van der Waals surface area (Å²) in [6.07, 6.45) is 0.990. The fourth-order valence-corrected chi connectivity index (χ4v) is 3.52. The van der Waals surface area contributed by atoms with E-state index < -0.39 is 0 Å². The molecule has 0 bridgehead atoms. The molecule has 1 amide bonds. The van der Waals surface area contributed by atoms with E-state index in [4.69, 9.17) is 9.47 Å². The van der Waals surface area contributed by atoms with Crippen molar-refractivity contribution in [1.82, 2.24) is 15.1 Å². The minimum absolute atomic E-state index is 0.251. The van der Waals surface area contributed by atoms with Crippen molar-refractivity contribution in [1.29, 1.82) is 0 Å². The van der Waals surface area contributed by atoms with E-state index in [0.29, 0.717) is 22.9 Å². The summed E-state index contributed by atoms with van der Waals surface area (Å²) in [5.74, 6) is 1.45. The van der Waals surface area contributed by atoms with E-state index in [9.17, 15) is 4.79 Å². The molecular formula is C22H24N4O3. The predicted molar refractivity (Wildman–Crippen MR) is 110 cm³/mol. The maximum Gasteiger partial charge on any atom is 0.257 e. The molecule has 4 rings (SSSR count). The fourth-order valence-electron chi connectivity index (χ4n) is 3.52. The van der Waals surface area contributed by atoms with Gasteiger partial charge in [0.2, 0.25) is 0 Å². The number of ether oxygens (including phenoxy) is 2. The summed E-state index contributed by atoms with van der Waals surface area (Å²) in [5, 5.41) is 10.3. The minimum atomic E-state index is -0.251. The van der Waals surface area contributed by atoms with E-state index >= 15 is 0 Å². The van der Waals surface area contributed by atoms with E-state index in [2.05, 4.69) is 44.7 Å². The first-order valence-electron chi connectivity index (χ1n) is 9.53. The minimum Gasteiger partial charge on any atom is -0.497 e. The van der Waals surface area contributed by atoms with Crippen molar-refractivity contribution in [3.05, 3.63) is 70.9 Å². The maximum absolute atomic E-state index is 12.8. The standard InChI is InChI=1S/C22H24N4O3/c1-28-17-10-16(11-18(12-17)29-2)22(27)23-21-19-13-26(14-20(19)24-25-21)9-8-15-6-4-3-5-7-15/h3-7,10-12H,8-9,13-14H2,1-2H3,(H2,23,24,25,27). The number of aromatic nitrogens is 2. The largest absolute Gasteiger partial charge is 0.497 e. The molecule has 0 saturated carbocycles. The highest BCUT2D eigenvalue weighted by molar-refractivity contribution is 6.04. The number of H-pyrrole nitrogens is 1. The molecule has 29 heavy (non-hydrogen) atoms. The third-order valence-electron chi connectivity index (χ3n) is 5.12. The Morgan fingerprint density at radius 2 is 1.83 bits per heavy atom. The van der Waals surface area contributed by atoms with Gasteiger partial charge in [0, 0.05) is 36.8 Å². The molecule has 0 unspecified atom stereocenters. The van der Waals surface area contributed by atoms with Gasteiger partial charge in [0.05, 0.1) is 19.9 Å². The van der Waals surface area contributed by atoms with Crippen LogP contribution in [0.3, 0.4) is 0 Å². The Kier molecular flexibility index (Phi) is 5.48. The first kappa shape index (κ1) is 19.0. The van der Waals surface area contributed by atoms with Gasteiger partial charge >= 0.3 is 0 Å². The van der Waals surface area contributed by atoms with Crippen molar-refractivity contribution in [3.63, 3.8) is 0 Å². The number of amides is 1. The lowest BCUT2D eigenvalue weighted by molar-refractivity contribution is 0.102. The molecule has 1 aliphatic rings. The van der Waals surface area contributed by atoms with Gasteiger partial charge in [0.25, 0.3) is 5.91 Å². The van der Waals surface area contributed by atoms with Gasteiger partial charge in [0.1, 0.15) is 11.5 Å². The quantitative estimate of drug-likeness (QED) is 0.645. The van der Waals surface area contributed by atoms with Gasteiger partial charge in [-0.05, 0) is 24.1 Å². The molecule has 7 nitrogen and oxygen atoms in total. The van der Waals surface area contributed by atoms with Crippen molar-refractivity contribution >= 4 is 11.7 Å². The highest BCUT2D eigenvalue weighted by Gasteiger charge is 2.25. The second-order valence-corrected chi connectivity index (χ2v) is 7.03. The van der Waals surface area contributed by atoms with Crippen LogP contribution in [-0.4, -0.2) is 41.8 Å². The van der Waals surface area contributed by atoms with Gasteiger partial charge in [-0.25, -0.2) is 0 Å². The molecule has 2 aromatic carbocycles. The number of carbonyl (C=O) groups is 1. The average Bonchev–Trinajstić information content (AvgIpc) is 3.33. The molecule has 1 aromatic heterocycles. The Balaban J connectivity index is 1.42. The van der Waals surface area contributed by atoms with E-state index in [0.717, 1.165) is 37.3 Å². The number of hydrogen-bond donors (Lipinski definition) is 2. The van der Waals surface area contributed by atoms with Crippen LogP contribution in [0, 0.1) is 0 Å². The molecule has 7 heteroatoms. The van der Waals surface area contributed by atoms with Gasteiger partial charge in [-0.3, -0.25) is 14.8 Å². The highest BCUT2D eigenvalue weighted by Crippen LogP contribution is 2.28. The van der Waals surface area contributed by atoms with E-state index in [1.54, 1.807) is 32.4 Å². The van der Waals surface area contributed by atoms with E-state index in [1.807, 2.05) is 6.07 Å². The maximum atomic E-state index is 12.8. The Bertz CT molecular complexity index is 978. The van der Waals surface area contributed by atoms with Crippen LogP contribution in [0.25, 0.3) is 0 Å². The lowest BCUT2D eigenvalue weighted by Gasteiger charge is -2.15. The van der Waals surface area contributed by atoms with Crippen LogP contribution in [0.2, 0.25) is 0 Å². The normalized spacial score (nSPS) is 13.2. The van der Waals surface area contributed by atoms with Crippen molar-refractivity contribution < 1.29 is 14.3 Å². The molecule has 0 radical (unpaired) electrons.